The maximum Gasteiger partial charge on any atom is 0.214 e. The van der Waals surface area contributed by atoms with E-state index in [2.05, 4.69) is 28.5 Å². The summed E-state index contributed by atoms with van der Waals surface area (Å²) in [4.78, 5) is 1.15. The number of thiophene rings is 1. The fraction of sp³-hybridized carbons (Fsp3) is 0.353. The molecule has 2 aromatic heterocycles. The van der Waals surface area contributed by atoms with E-state index in [1.54, 1.807) is 16.0 Å². The van der Waals surface area contributed by atoms with E-state index in [0.29, 0.717) is 17.5 Å². The number of nitrogens with zero attached hydrogens (tertiary/aromatic N) is 4. The van der Waals surface area contributed by atoms with Gasteiger partial charge in [-0.2, -0.15) is 4.68 Å². The van der Waals surface area contributed by atoms with Crippen LogP contribution in [-0.2, 0) is 11.3 Å². The van der Waals surface area contributed by atoms with Crippen molar-refractivity contribution in [2.45, 2.75) is 31.7 Å². The standard InChI is InChI=1S/C17H20N4O2S2/c1-12-5-6-16(13(2)8-12)21-17(18-19-20-21)25-11-14(22)9-23-10-15-4-3-7-24-15/h3-8,14,22H,9-11H2,1-2H3. The van der Waals surface area contributed by atoms with Gasteiger partial charge in [0, 0.05) is 10.6 Å². The van der Waals surface area contributed by atoms with Gasteiger partial charge in [-0.25, -0.2) is 0 Å². The number of benzene rings is 1. The van der Waals surface area contributed by atoms with Crippen molar-refractivity contribution in [3.8, 4) is 5.69 Å². The minimum Gasteiger partial charge on any atom is -0.390 e. The van der Waals surface area contributed by atoms with Crippen LogP contribution in [0.15, 0.2) is 40.9 Å². The van der Waals surface area contributed by atoms with Gasteiger partial charge in [0.2, 0.25) is 5.16 Å². The molecule has 3 aromatic rings. The van der Waals surface area contributed by atoms with Crippen LogP contribution in [0.5, 0.6) is 0 Å². The average Bonchev–Trinajstić information content (AvgIpc) is 3.24. The van der Waals surface area contributed by atoms with Crippen LogP contribution in [0.25, 0.3) is 5.69 Å². The SMILES string of the molecule is Cc1ccc(-n2nnnc2SCC(O)COCc2cccs2)c(C)c1. The highest BCUT2D eigenvalue weighted by atomic mass is 32.2. The minimum absolute atomic E-state index is 0.288. The van der Waals surface area contributed by atoms with E-state index in [9.17, 15) is 5.11 Å². The minimum atomic E-state index is -0.575. The van der Waals surface area contributed by atoms with Gasteiger partial charge in [0.05, 0.1) is 25.0 Å². The number of ether oxygens (including phenoxy) is 1. The highest BCUT2D eigenvalue weighted by Gasteiger charge is 2.14. The topological polar surface area (TPSA) is 73.1 Å². The summed E-state index contributed by atoms with van der Waals surface area (Å²) in [6, 6.07) is 10.1. The lowest BCUT2D eigenvalue weighted by atomic mass is 10.1. The lowest BCUT2D eigenvalue weighted by molar-refractivity contribution is 0.0409. The van der Waals surface area contributed by atoms with Crippen LogP contribution >= 0.6 is 23.1 Å². The van der Waals surface area contributed by atoms with Crippen molar-refractivity contribution >= 4 is 23.1 Å². The number of aromatic nitrogens is 4. The molecule has 8 heteroatoms. The zero-order valence-electron chi connectivity index (χ0n) is 14.1. The number of thioether (sulfide) groups is 1. The number of aliphatic hydroxyl groups is 1. The Kier molecular flexibility index (Phi) is 6.19. The molecule has 2 heterocycles. The molecule has 1 N–H and O–H groups in total. The van der Waals surface area contributed by atoms with Crippen LogP contribution in [0.1, 0.15) is 16.0 Å². The second kappa shape index (κ2) is 8.57. The van der Waals surface area contributed by atoms with Gasteiger partial charge < -0.3 is 9.84 Å². The van der Waals surface area contributed by atoms with E-state index in [-0.39, 0.29) is 6.61 Å². The predicted octanol–water partition coefficient (Wildman–Crippen LogP) is 3.01. The Morgan fingerprint density at radius 2 is 2.20 bits per heavy atom. The third-order valence-electron chi connectivity index (χ3n) is 3.56. The molecule has 1 unspecified atom stereocenters. The number of rotatable bonds is 8. The Labute approximate surface area is 154 Å². The van der Waals surface area contributed by atoms with Crippen molar-refractivity contribution < 1.29 is 9.84 Å². The average molecular weight is 377 g/mol. The molecule has 0 saturated heterocycles. The van der Waals surface area contributed by atoms with Crippen LogP contribution in [0.2, 0.25) is 0 Å². The number of hydrogen-bond acceptors (Lipinski definition) is 7. The summed E-state index contributed by atoms with van der Waals surface area (Å²) >= 11 is 3.06. The van der Waals surface area contributed by atoms with Gasteiger partial charge in [0.25, 0.3) is 0 Å². The molecule has 0 fully saturated rings. The van der Waals surface area contributed by atoms with E-state index < -0.39 is 6.10 Å². The molecule has 3 rings (SSSR count). The highest BCUT2D eigenvalue weighted by molar-refractivity contribution is 7.99. The van der Waals surface area contributed by atoms with Crippen molar-refractivity contribution in [2.75, 3.05) is 12.4 Å². The Morgan fingerprint density at radius 1 is 1.32 bits per heavy atom. The number of aliphatic hydroxyl groups excluding tert-OH is 1. The number of tetrazole rings is 1. The van der Waals surface area contributed by atoms with E-state index >= 15 is 0 Å². The molecule has 0 spiro atoms. The monoisotopic (exact) mass is 376 g/mol. The first kappa shape index (κ1) is 18.1. The molecule has 0 aliphatic rings. The Hall–Kier alpha value is -1.74. The quantitative estimate of drug-likeness (QED) is 0.609. The van der Waals surface area contributed by atoms with Crippen molar-refractivity contribution in [3.63, 3.8) is 0 Å². The summed E-state index contributed by atoms with van der Waals surface area (Å²) in [6.07, 6.45) is -0.575. The first-order chi connectivity index (χ1) is 12.1. The summed E-state index contributed by atoms with van der Waals surface area (Å²) in [7, 11) is 0. The van der Waals surface area contributed by atoms with Gasteiger partial charge in [0.1, 0.15) is 0 Å². The fourth-order valence-electron chi connectivity index (χ4n) is 2.37. The number of hydrogen-bond donors (Lipinski definition) is 1. The molecular formula is C17H20N4O2S2. The molecule has 1 aromatic carbocycles. The lowest BCUT2D eigenvalue weighted by Gasteiger charge is -2.11. The zero-order chi connectivity index (χ0) is 17.6. The highest BCUT2D eigenvalue weighted by Crippen LogP contribution is 2.22. The fourth-order valence-corrected chi connectivity index (χ4v) is 3.80. The van der Waals surface area contributed by atoms with Crippen LogP contribution in [-0.4, -0.2) is 43.8 Å². The van der Waals surface area contributed by atoms with Gasteiger partial charge in [0.15, 0.2) is 0 Å². The van der Waals surface area contributed by atoms with E-state index in [1.165, 1.54) is 17.3 Å². The van der Waals surface area contributed by atoms with Gasteiger partial charge in [-0.05, 0) is 47.4 Å². The summed E-state index contributed by atoms with van der Waals surface area (Å²) in [5.74, 6) is 0.468. The predicted molar refractivity (Wildman–Crippen MR) is 99.3 cm³/mol. The summed E-state index contributed by atoms with van der Waals surface area (Å²) < 4.78 is 7.25. The molecule has 0 saturated carbocycles. The molecule has 1 atom stereocenters. The normalized spacial score (nSPS) is 12.4. The third kappa shape index (κ3) is 4.88. The largest absolute Gasteiger partial charge is 0.390 e. The van der Waals surface area contributed by atoms with E-state index in [4.69, 9.17) is 4.74 Å². The van der Waals surface area contributed by atoms with Crippen molar-refractivity contribution in [3.05, 3.63) is 51.7 Å². The van der Waals surface area contributed by atoms with E-state index in [0.717, 1.165) is 16.1 Å². The second-order valence-electron chi connectivity index (χ2n) is 5.72. The Bertz CT molecular complexity index is 805. The molecule has 0 radical (unpaired) electrons. The first-order valence-electron chi connectivity index (χ1n) is 7.90. The first-order valence-corrected chi connectivity index (χ1v) is 9.77. The summed E-state index contributed by atoms with van der Waals surface area (Å²) in [5, 5.41) is 24.7. The van der Waals surface area contributed by atoms with Crippen LogP contribution in [0, 0.1) is 13.8 Å². The molecule has 25 heavy (non-hydrogen) atoms. The maximum absolute atomic E-state index is 10.1. The third-order valence-corrected chi connectivity index (χ3v) is 5.47. The van der Waals surface area contributed by atoms with Gasteiger partial charge >= 0.3 is 0 Å². The van der Waals surface area contributed by atoms with Crippen LogP contribution < -0.4 is 0 Å². The Balaban J connectivity index is 1.54. The van der Waals surface area contributed by atoms with Gasteiger partial charge in [-0.1, -0.05) is 35.5 Å². The lowest BCUT2D eigenvalue weighted by Crippen LogP contribution is -2.18. The van der Waals surface area contributed by atoms with Crippen molar-refractivity contribution in [1.29, 1.82) is 0 Å². The van der Waals surface area contributed by atoms with Crippen molar-refractivity contribution in [1.82, 2.24) is 20.2 Å². The molecule has 132 valence electrons. The molecule has 0 amide bonds. The van der Waals surface area contributed by atoms with Crippen LogP contribution in [0.4, 0.5) is 0 Å². The van der Waals surface area contributed by atoms with E-state index in [1.807, 2.05) is 36.6 Å². The van der Waals surface area contributed by atoms with Gasteiger partial charge in [-0.3, -0.25) is 0 Å². The molecule has 0 bridgehead atoms. The smallest absolute Gasteiger partial charge is 0.214 e. The van der Waals surface area contributed by atoms with Gasteiger partial charge in [-0.15, -0.1) is 16.4 Å². The van der Waals surface area contributed by atoms with Crippen molar-refractivity contribution in [2.24, 2.45) is 0 Å². The summed E-state index contributed by atoms with van der Waals surface area (Å²) in [6.45, 7) is 4.90. The second-order valence-corrected chi connectivity index (χ2v) is 7.74. The molecule has 6 nitrogen and oxygen atoms in total. The molecular weight excluding hydrogens is 356 g/mol. The summed E-state index contributed by atoms with van der Waals surface area (Å²) in [5.41, 5.74) is 3.25. The molecule has 0 aliphatic carbocycles. The zero-order valence-corrected chi connectivity index (χ0v) is 15.8. The molecule has 0 aliphatic heterocycles. The maximum atomic E-state index is 10.1. The van der Waals surface area contributed by atoms with Crippen LogP contribution in [0.3, 0.4) is 0 Å². The number of aryl methyl sites for hydroxylation is 2. The Morgan fingerprint density at radius 3 is 2.96 bits per heavy atom.